The number of rotatable bonds is 0. The molecule has 1 rings (SSSR count). The summed E-state index contributed by atoms with van der Waals surface area (Å²) in [6, 6.07) is 1.12. The van der Waals surface area contributed by atoms with Crippen molar-refractivity contribution >= 4 is 15.9 Å². The molecule has 3 nitrogen and oxygen atoms in total. The summed E-state index contributed by atoms with van der Waals surface area (Å²) in [5, 5.41) is 9.01. The van der Waals surface area contributed by atoms with Gasteiger partial charge in [-0.1, -0.05) is 0 Å². The Balaban J connectivity index is 3.46. The first kappa shape index (κ1) is 7.34. The number of aromatic nitrogens is 1. The lowest BCUT2D eigenvalue weighted by Crippen LogP contribution is -2.04. The van der Waals surface area contributed by atoms with Gasteiger partial charge in [0.2, 0.25) is 0 Å². The van der Waals surface area contributed by atoms with Crippen LogP contribution in [0.5, 0.6) is 5.75 Å². The number of pyridine rings is 1. The smallest absolute Gasteiger partial charge is 0.251 e. The molecule has 0 aromatic carbocycles. The first-order chi connectivity index (χ1) is 4.61. The van der Waals surface area contributed by atoms with Gasteiger partial charge in [-0.05, 0) is 22.9 Å². The molecule has 1 aromatic rings. The first-order valence-electron chi connectivity index (χ1n) is 2.69. The fourth-order valence-corrected chi connectivity index (χ4v) is 0.869. The average molecular weight is 204 g/mol. The van der Waals surface area contributed by atoms with Crippen LogP contribution in [-0.2, 0) is 0 Å². The van der Waals surface area contributed by atoms with Gasteiger partial charge in [0.25, 0.3) is 5.56 Å². The minimum absolute atomic E-state index is 0.0266. The Morgan fingerprint density at radius 2 is 2.30 bits per heavy atom. The molecule has 0 atom stereocenters. The van der Waals surface area contributed by atoms with E-state index in [-0.39, 0.29) is 11.3 Å². The molecule has 0 aliphatic rings. The third-order valence-electron chi connectivity index (χ3n) is 1.13. The van der Waals surface area contributed by atoms with Crippen LogP contribution >= 0.6 is 15.9 Å². The third kappa shape index (κ3) is 1.21. The van der Waals surface area contributed by atoms with Crippen LogP contribution in [0.3, 0.4) is 0 Å². The highest BCUT2D eigenvalue weighted by Gasteiger charge is 2.00. The SMILES string of the molecule is Cc1[nH]c(=O)cc(O)c1Br. The molecule has 0 fully saturated rings. The zero-order valence-corrected chi connectivity index (χ0v) is 6.90. The molecule has 0 bridgehead atoms. The summed E-state index contributed by atoms with van der Waals surface area (Å²) in [5.74, 6) is -0.0266. The molecular weight excluding hydrogens is 198 g/mol. The van der Waals surface area contributed by atoms with E-state index < -0.39 is 0 Å². The van der Waals surface area contributed by atoms with Gasteiger partial charge in [0.05, 0.1) is 4.47 Å². The van der Waals surface area contributed by atoms with Crippen molar-refractivity contribution in [3.05, 3.63) is 26.6 Å². The number of aromatic hydroxyl groups is 1. The number of nitrogens with one attached hydrogen (secondary N) is 1. The molecule has 0 aliphatic heterocycles. The largest absolute Gasteiger partial charge is 0.506 e. The summed E-state index contributed by atoms with van der Waals surface area (Å²) in [4.78, 5) is 13.1. The molecule has 54 valence electrons. The highest BCUT2D eigenvalue weighted by molar-refractivity contribution is 9.10. The summed E-state index contributed by atoms with van der Waals surface area (Å²) in [6.07, 6.45) is 0. The molecule has 10 heavy (non-hydrogen) atoms. The number of halogens is 1. The topological polar surface area (TPSA) is 53.1 Å². The van der Waals surface area contributed by atoms with E-state index in [2.05, 4.69) is 20.9 Å². The Hall–Kier alpha value is -0.770. The van der Waals surface area contributed by atoms with Gasteiger partial charge < -0.3 is 10.1 Å². The number of aromatic amines is 1. The van der Waals surface area contributed by atoms with Crippen molar-refractivity contribution in [1.82, 2.24) is 4.98 Å². The van der Waals surface area contributed by atoms with E-state index >= 15 is 0 Å². The monoisotopic (exact) mass is 203 g/mol. The van der Waals surface area contributed by atoms with Gasteiger partial charge in [-0.2, -0.15) is 0 Å². The quantitative estimate of drug-likeness (QED) is 0.665. The standard InChI is InChI=1S/C6H6BrNO2/c1-3-6(7)4(9)2-5(10)8-3/h2H,1H3,(H2,8,9,10). The Bertz CT molecular complexity index is 279. The van der Waals surface area contributed by atoms with E-state index in [1.807, 2.05) is 0 Å². The average Bonchev–Trinajstić information content (AvgIpc) is 1.82. The predicted molar refractivity (Wildman–Crippen MR) is 41.2 cm³/mol. The lowest BCUT2D eigenvalue weighted by molar-refractivity contribution is 0.469. The van der Waals surface area contributed by atoms with Crippen molar-refractivity contribution in [1.29, 1.82) is 0 Å². The van der Waals surface area contributed by atoms with E-state index in [4.69, 9.17) is 5.11 Å². The van der Waals surface area contributed by atoms with Crippen molar-refractivity contribution in [2.45, 2.75) is 6.92 Å². The fourth-order valence-electron chi connectivity index (χ4n) is 0.655. The van der Waals surface area contributed by atoms with Crippen LogP contribution in [0.15, 0.2) is 15.3 Å². The number of H-pyrrole nitrogens is 1. The minimum Gasteiger partial charge on any atom is -0.506 e. The summed E-state index contributed by atoms with van der Waals surface area (Å²) >= 11 is 3.09. The number of hydrogen-bond donors (Lipinski definition) is 2. The van der Waals surface area contributed by atoms with Crippen molar-refractivity contribution in [2.75, 3.05) is 0 Å². The maximum absolute atomic E-state index is 10.6. The number of aryl methyl sites for hydroxylation is 1. The lowest BCUT2D eigenvalue weighted by Gasteiger charge is -1.97. The van der Waals surface area contributed by atoms with Gasteiger partial charge in [-0.3, -0.25) is 4.79 Å². The van der Waals surface area contributed by atoms with Gasteiger partial charge in [-0.25, -0.2) is 0 Å². The Morgan fingerprint density at radius 1 is 1.70 bits per heavy atom. The molecule has 0 radical (unpaired) electrons. The second-order valence-corrected chi connectivity index (χ2v) is 2.75. The minimum atomic E-state index is -0.293. The van der Waals surface area contributed by atoms with E-state index in [1.165, 1.54) is 0 Å². The highest BCUT2D eigenvalue weighted by atomic mass is 79.9. The van der Waals surface area contributed by atoms with Gasteiger partial charge in [0.15, 0.2) is 0 Å². The molecule has 1 aromatic heterocycles. The summed E-state index contributed by atoms with van der Waals surface area (Å²) in [7, 11) is 0. The van der Waals surface area contributed by atoms with E-state index in [1.54, 1.807) is 6.92 Å². The molecule has 0 saturated carbocycles. The maximum atomic E-state index is 10.6. The van der Waals surface area contributed by atoms with E-state index in [9.17, 15) is 4.79 Å². The van der Waals surface area contributed by atoms with Gasteiger partial charge in [-0.15, -0.1) is 0 Å². The van der Waals surface area contributed by atoms with Gasteiger partial charge in [0.1, 0.15) is 5.75 Å². The van der Waals surface area contributed by atoms with Gasteiger partial charge >= 0.3 is 0 Å². The maximum Gasteiger partial charge on any atom is 0.251 e. The Kier molecular flexibility index (Phi) is 1.80. The molecule has 0 aliphatic carbocycles. The van der Waals surface area contributed by atoms with Crippen molar-refractivity contribution in [3.63, 3.8) is 0 Å². The second kappa shape index (κ2) is 2.46. The van der Waals surface area contributed by atoms with Crippen LogP contribution in [0.25, 0.3) is 0 Å². The molecular formula is C6H6BrNO2. The first-order valence-corrected chi connectivity index (χ1v) is 3.49. The van der Waals surface area contributed by atoms with Crippen LogP contribution in [-0.4, -0.2) is 10.1 Å². The fraction of sp³-hybridized carbons (Fsp3) is 0.167. The summed E-state index contributed by atoms with van der Waals surface area (Å²) in [5.41, 5.74) is 0.336. The van der Waals surface area contributed by atoms with E-state index in [0.717, 1.165) is 6.07 Å². The number of hydrogen-bond acceptors (Lipinski definition) is 2. The Labute approximate surface area is 65.8 Å². The van der Waals surface area contributed by atoms with Crippen molar-refractivity contribution < 1.29 is 5.11 Å². The van der Waals surface area contributed by atoms with Gasteiger partial charge in [0, 0.05) is 11.8 Å². The normalized spacial score (nSPS) is 9.80. The van der Waals surface area contributed by atoms with Crippen molar-refractivity contribution in [3.8, 4) is 5.75 Å². The van der Waals surface area contributed by atoms with Crippen LogP contribution in [0, 0.1) is 6.92 Å². The van der Waals surface area contributed by atoms with E-state index in [0.29, 0.717) is 10.2 Å². The molecule has 0 unspecified atom stereocenters. The zero-order valence-electron chi connectivity index (χ0n) is 5.31. The molecule has 4 heteroatoms. The molecule has 0 spiro atoms. The molecule has 0 amide bonds. The summed E-state index contributed by atoms with van der Waals surface area (Å²) < 4.78 is 0.534. The third-order valence-corrected chi connectivity index (χ3v) is 2.13. The van der Waals surface area contributed by atoms with Crippen LogP contribution in [0.2, 0.25) is 0 Å². The molecule has 1 heterocycles. The second-order valence-electron chi connectivity index (χ2n) is 1.96. The molecule has 0 saturated heterocycles. The Morgan fingerprint density at radius 3 is 2.80 bits per heavy atom. The zero-order chi connectivity index (χ0) is 7.72. The van der Waals surface area contributed by atoms with Crippen LogP contribution in [0.1, 0.15) is 5.69 Å². The van der Waals surface area contributed by atoms with Crippen LogP contribution < -0.4 is 5.56 Å². The molecule has 2 N–H and O–H groups in total. The lowest BCUT2D eigenvalue weighted by atomic mass is 10.3. The predicted octanol–water partition coefficient (Wildman–Crippen LogP) is 1.15. The summed E-state index contributed by atoms with van der Waals surface area (Å²) in [6.45, 7) is 1.70. The van der Waals surface area contributed by atoms with Crippen LogP contribution in [0.4, 0.5) is 0 Å². The highest BCUT2D eigenvalue weighted by Crippen LogP contribution is 2.22. The van der Waals surface area contributed by atoms with Crippen molar-refractivity contribution in [2.24, 2.45) is 0 Å².